The van der Waals surface area contributed by atoms with E-state index in [1.54, 1.807) is 4.40 Å². The molecule has 0 unspecified atom stereocenters. The molecule has 0 radical (unpaired) electrons. The summed E-state index contributed by atoms with van der Waals surface area (Å²) in [4.78, 5) is 27.2. The predicted molar refractivity (Wildman–Crippen MR) is 71.7 cm³/mol. The highest BCUT2D eigenvalue weighted by Gasteiger charge is 2.14. The van der Waals surface area contributed by atoms with Crippen molar-refractivity contribution in [2.24, 2.45) is 0 Å². The Hall–Kier alpha value is -2.22. The third-order valence-electron chi connectivity index (χ3n) is 2.71. The van der Waals surface area contributed by atoms with Crippen LogP contribution in [0.2, 0.25) is 0 Å². The van der Waals surface area contributed by atoms with Crippen LogP contribution in [-0.4, -0.2) is 30.1 Å². The first kappa shape index (κ1) is 12.8. The van der Waals surface area contributed by atoms with Crippen molar-refractivity contribution in [3.63, 3.8) is 0 Å². The van der Waals surface area contributed by atoms with E-state index in [-0.39, 0.29) is 21.9 Å². The standard InChI is InChI=1S/C12H7BrFN5O/c1-6(20)8-5-19-9(3-16-10(19)4-15-8)11-7(14)2-17-12(13)18-11/h2-5H,1H3. The lowest BCUT2D eigenvalue weighted by molar-refractivity contribution is 0.101. The normalized spacial score (nSPS) is 10.9. The van der Waals surface area contributed by atoms with Crippen LogP contribution in [0.3, 0.4) is 0 Å². The minimum atomic E-state index is -0.573. The molecule has 3 rings (SSSR count). The van der Waals surface area contributed by atoms with Gasteiger partial charge in [0.05, 0.1) is 24.3 Å². The zero-order valence-corrected chi connectivity index (χ0v) is 11.8. The van der Waals surface area contributed by atoms with Gasteiger partial charge in [0, 0.05) is 13.1 Å². The highest BCUT2D eigenvalue weighted by molar-refractivity contribution is 9.10. The molecule has 0 spiro atoms. The molecule has 0 aromatic carbocycles. The smallest absolute Gasteiger partial charge is 0.197 e. The summed E-state index contributed by atoms with van der Waals surface area (Å²) in [5.41, 5.74) is 1.29. The summed E-state index contributed by atoms with van der Waals surface area (Å²) in [5, 5.41) is 0. The molecule has 0 fully saturated rings. The van der Waals surface area contributed by atoms with Crippen LogP contribution in [0.5, 0.6) is 0 Å². The molecule has 0 atom stereocenters. The van der Waals surface area contributed by atoms with Gasteiger partial charge in [0.2, 0.25) is 0 Å². The number of ketones is 1. The minimum absolute atomic E-state index is 0.0973. The van der Waals surface area contributed by atoms with E-state index in [1.165, 1.54) is 25.5 Å². The van der Waals surface area contributed by atoms with Gasteiger partial charge >= 0.3 is 0 Å². The first-order valence-corrected chi connectivity index (χ1v) is 6.38. The Balaban J connectivity index is 2.28. The highest BCUT2D eigenvalue weighted by Crippen LogP contribution is 2.22. The molecule has 0 aliphatic heterocycles. The van der Waals surface area contributed by atoms with E-state index in [0.717, 1.165) is 6.20 Å². The maximum Gasteiger partial charge on any atom is 0.197 e. The van der Waals surface area contributed by atoms with Gasteiger partial charge in [0.15, 0.2) is 22.0 Å². The molecule has 20 heavy (non-hydrogen) atoms. The summed E-state index contributed by atoms with van der Waals surface area (Å²) in [5.74, 6) is -0.757. The van der Waals surface area contributed by atoms with Gasteiger partial charge in [-0.1, -0.05) is 0 Å². The second-order valence-corrected chi connectivity index (χ2v) is 4.75. The maximum atomic E-state index is 13.9. The van der Waals surface area contributed by atoms with E-state index in [4.69, 9.17) is 0 Å². The quantitative estimate of drug-likeness (QED) is 0.530. The van der Waals surface area contributed by atoms with Crippen LogP contribution in [0.15, 0.2) is 29.5 Å². The van der Waals surface area contributed by atoms with Gasteiger partial charge in [-0.05, 0) is 15.9 Å². The molecule has 3 heterocycles. The van der Waals surface area contributed by atoms with Crippen LogP contribution in [0.25, 0.3) is 17.0 Å². The fraction of sp³-hybridized carbons (Fsp3) is 0.0833. The number of hydrogen-bond acceptors (Lipinski definition) is 5. The third kappa shape index (κ3) is 2.07. The number of hydrogen-bond donors (Lipinski definition) is 0. The Morgan fingerprint density at radius 3 is 2.80 bits per heavy atom. The largest absolute Gasteiger partial charge is 0.294 e. The number of Topliss-reactive ketones (excluding diaryl/α,β-unsaturated/α-hetero) is 1. The van der Waals surface area contributed by atoms with Crippen molar-refractivity contribution in [3.8, 4) is 11.4 Å². The molecule has 0 bridgehead atoms. The Bertz CT molecular complexity index is 832. The summed E-state index contributed by atoms with van der Waals surface area (Å²) in [7, 11) is 0. The first-order chi connectivity index (χ1) is 9.56. The minimum Gasteiger partial charge on any atom is -0.294 e. The average Bonchev–Trinajstić information content (AvgIpc) is 2.84. The third-order valence-corrected chi connectivity index (χ3v) is 3.10. The molecule has 0 N–H and O–H groups in total. The summed E-state index contributed by atoms with van der Waals surface area (Å²) in [6, 6.07) is 0. The van der Waals surface area contributed by atoms with Crippen molar-refractivity contribution in [2.75, 3.05) is 0 Å². The average molecular weight is 336 g/mol. The van der Waals surface area contributed by atoms with Crippen LogP contribution in [-0.2, 0) is 0 Å². The lowest BCUT2D eigenvalue weighted by Gasteiger charge is -2.03. The number of halogens is 2. The van der Waals surface area contributed by atoms with Crippen LogP contribution in [0, 0.1) is 5.82 Å². The zero-order valence-electron chi connectivity index (χ0n) is 10.2. The summed E-state index contributed by atoms with van der Waals surface area (Å²) < 4.78 is 15.7. The van der Waals surface area contributed by atoms with Gasteiger partial charge < -0.3 is 0 Å². The van der Waals surface area contributed by atoms with Gasteiger partial charge in [0.1, 0.15) is 11.4 Å². The lowest BCUT2D eigenvalue weighted by Crippen LogP contribution is -2.02. The molecule has 0 aliphatic carbocycles. The fourth-order valence-corrected chi connectivity index (χ4v) is 2.05. The van der Waals surface area contributed by atoms with E-state index in [1.807, 2.05) is 0 Å². The van der Waals surface area contributed by atoms with Crippen molar-refractivity contribution in [1.82, 2.24) is 24.3 Å². The molecule has 0 aliphatic rings. The number of carbonyl (C=O) groups excluding carboxylic acids is 1. The number of nitrogens with zero attached hydrogens (tertiary/aromatic N) is 5. The number of rotatable bonds is 2. The van der Waals surface area contributed by atoms with Crippen molar-refractivity contribution >= 4 is 27.4 Å². The van der Waals surface area contributed by atoms with Gasteiger partial charge in [-0.25, -0.2) is 24.3 Å². The highest BCUT2D eigenvalue weighted by atomic mass is 79.9. The first-order valence-electron chi connectivity index (χ1n) is 5.58. The van der Waals surface area contributed by atoms with E-state index in [2.05, 4.69) is 35.9 Å². The Kier molecular flexibility index (Phi) is 3.01. The second kappa shape index (κ2) is 4.71. The van der Waals surface area contributed by atoms with Crippen LogP contribution < -0.4 is 0 Å². The van der Waals surface area contributed by atoms with Crippen molar-refractivity contribution in [2.45, 2.75) is 6.92 Å². The predicted octanol–water partition coefficient (Wildman–Crippen LogP) is 2.29. The molecule has 0 saturated carbocycles. The molecular weight excluding hydrogens is 329 g/mol. The van der Waals surface area contributed by atoms with Gasteiger partial charge in [0.25, 0.3) is 0 Å². The molecule has 8 heteroatoms. The lowest BCUT2D eigenvalue weighted by atomic mass is 10.3. The number of carbonyl (C=O) groups is 1. The monoisotopic (exact) mass is 335 g/mol. The molecular formula is C12H7BrFN5O. The summed E-state index contributed by atoms with van der Waals surface area (Å²) in [6.45, 7) is 1.41. The molecule has 3 aromatic rings. The van der Waals surface area contributed by atoms with Crippen LogP contribution >= 0.6 is 15.9 Å². The van der Waals surface area contributed by atoms with Gasteiger partial charge in [-0.3, -0.25) is 9.20 Å². The zero-order chi connectivity index (χ0) is 14.3. The van der Waals surface area contributed by atoms with Crippen molar-refractivity contribution in [3.05, 3.63) is 41.0 Å². The maximum absolute atomic E-state index is 13.9. The number of fused-ring (bicyclic) bond motifs is 1. The van der Waals surface area contributed by atoms with E-state index >= 15 is 0 Å². The van der Waals surface area contributed by atoms with Crippen LogP contribution in [0.1, 0.15) is 17.4 Å². The number of imidazole rings is 1. The number of aromatic nitrogens is 5. The Labute approximate surface area is 120 Å². The van der Waals surface area contributed by atoms with Gasteiger partial charge in [-0.2, -0.15) is 0 Å². The van der Waals surface area contributed by atoms with E-state index in [9.17, 15) is 9.18 Å². The SMILES string of the molecule is CC(=O)c1cn2c(-c3nc(Br)ncc3F)cnc2cn1. The topological polar surface area (TPSA) is 73.0 Å². The molecule has 6 nitrogen and oxygen atoms in total. The fourth-order valence-electron chi connectivity index (χ4n) is 1.77. The van der Waals surface area contributed by atoms with Crippen molar-refractivity contribution < 1.29 is 9.18 Å². The Morgan fingerprint density at radius 1 is 1.25 bits per heavy atom. The van der Waals surface area contributed by atoms with E-state index in [0.29, 0.717) is 11.3 Å². The summed E-state index contributed by atoms with van der Waals surface area (Å²) in [6.07, 6.45) is 5.50. The van der Waals surface area contributed by atoms with E-state index < -0.39 is 5.82 Å². The van der Waals surface area contributed by atoms with Crippen LogP contribution in [0.4, 0.5) is 4.39 Å². The second-order valence-electron chi connectivity index (χ2n) is 4.04. The molecule has 3 aromatic heterocycles. The molecule has 0 amide bonds. The van der Waals surface area contributed by atoms with Gasteiger partial charge in [-0.15, -0.1) is 0 Å². The molecule has 100 valence electrons. The Morgan fingerprint density at radius 2 is 2.05 bits per heavy atom. The van der Waals surface area contributed by atoms with Crippen molar-refractivity contribution in [1.29, 1.82) is 0 Å². The molecule has 0 saturated heterocycles. The summed E-state index contributed by atoms with van der Waals surface area (Å²) >= 11 is 3.10.